The number of rotatable bonds is 2. The zero-order chi connectivity index (χ0) is 8.10. The van der Waals surface area contributed by atoms with Gasteiger partial charge in [-0.15, -0.1) is 0 Å². The lowest BCUT2D eigenvalue weighted by molar-refractivity contribution is 1.03. The average molecular weight is 184 g/mol. The van der Waals surface area contributed by atoms with Gasteiger partial charge in [0.2, 0.25) is 0 Å². The van der Waals surface area contributed by atoms with Crippen molar-refractivity contribution in [2.24, 2.45) is 4.99 Å². The molecule has 0 aromatic heterocycles. The molecule has 1 unspecified atom stereocenters. The topological polar surface area (TPSA) is 12.4 Å². The number of isothiocyanates is 1. The summed E-state index contributed by atoms with van der Waals surface area (Å²) in [4.78, 5) is 3.73. The van der Waals surface area contributed by atoms with Gasteiger partial charge in [0.1, 0.15) is 0 Å². The van der Waals surface area contributed by atoms with E-state index in [1.54, 1.807) is 0 Å². The van der Waals surface area contributed by atoms with Crippen molar-refractivity contribution < 1.29 is 0 Å². The van der Waals surface area contributed by atoms with Crippen LogP contribution >= 0.6 is 23.8 Å². The quantitative estimate of drug-likeness (QED) is 0.297. The summed E-state index contributed by atoms with van der Waals surface area (Å²) < 4.78 is 0. The summed E-state index contributed by atoms with van der Waals surface area (Å²) in [6, 6.07) is 9.53. The molecule has 0 N–H and O–H groups in total. The van der Waals surface area contributed by atoms with Crippen LogP contribution in [0.15, 0.2) is 35.3 Å². The number of hydrogen-bond donors (Lipinski definition) is 0. The summed E-state index contributed by atoms with van der Waals surface area (Å²) in [5, 5.41) is 2.24. The molecule has 0 fully saturated rings. The highest BCUT2D eigenvalue weighted by Gasteiger charge is 2.01. The summed E-state index contributed by atoms with van der Waals surface area (Å²) >= 11 is 10.2. The first-order valence-electron chi connectivity index (χ1n) is 3.10. The van der Waals surface area contributed by atoms with Gasteiger partial charge in [-0.2, -0.15) is 0 Å². The van der Waals surface area contributed by atoms with E-state index in [-0.39, 0.29) is 0 Å². The number of thiocarbonyl (C=S) groups is 1. The minimum absolute atomic E-state index is 0.395. The van der Waals surface area contributed by atoms with E-state index in [0.717, 1.165) is 5.56 Å². The fraction of sp³-hybridized carbons (Fsp3) is 0.125. The summed E-state index contributed by atoms with van der Waals surface area (Å²) in [6.45, 7) is 0. The van der Waals surface area contributed by atoms with Gasteiger partial charge in [-0.05, 0) is 17.8 Å². The standard InChI is InChI=1S/C8H6ClNS/c9-8(10-6-11)7-4-2-1-3-5-7/h1-5,8H. The first-order chi connectivity index (χ1) is 5.34. The normalized spacial score (nSPS) is 11.7. The lowest BCUT2D eigenvalue weighted by Gasteiger charge is -1.99. The largest absolute Gasteiger partial charge is 0.208 e. The molecule has 1 rings (SSSR count). The van der Waals surface area contributed by atoms with Gasteiger partial charge in [-0.1, -0.05) is 41.9 Å². The molecule has 3 heteroatoms. The van der Waals surface area contributed by atoms with Crippen molar-refractivity contribution in [3.63, 3.8) is 0 Å². The Kier molecular flexibility index (Phi) is 3.24. The summed E-state index contributed by atoms with van der Waals surface area (Å²) in [5.41, 5.74) is 0.542. The van der Waals surface area contributed by atoms with E-state index >= 15 is 0 Å². The van der Waals surface area contributed by atoms with Crippen molar-refractivity contribution in [1.29, 1.82) is 0 Å². The third-order valence-corrected chi connectivity index (χ3v) is 1.70. The molecule has 0 aliphatic carbocycles. The first-order valence-corrected chi connectivity index (χ1v) is 3.95. The maximum absolute atomic E-state index is 5.81. The molecule has 0 bridgehead atoms. The molecule has 0 aliphatic heterocycles. The van der Waals surface area contributed by atoms with Gasteiger partial charge in [-0.3, -0.25) is 0 Å². The number of benzene rings is 1. The van der Waals surface area contributed by atoms with Crippen molar-refractivity contribution in [3.8, 4) is 0 Å². The van der Waals surface area contributed by atoms with Gasteiger partial charge in [0.15, 0.2) is 5.50 Å². The Balaban J connectivity index is 2.84. The molecule has 56 valence electrons. The predicted molar refractivity (Wildman–Crippen MR) is 50.1 cm³/mol. The number of nitrogens with zero attached hydrogens (tertiary/aromatic N) is 1. The molecule has 11 heavy (non-hydrogen) atoms. The van der Waals surface area contributed by atoms with Crippen molar-refractivity contribution in [3.05, 3.63) is 35.9 Å². The maximum Gasteiger partial charge on any atom is 0.159 e. The molecule has 0 saturated carbocycles. The monoisotopic (exact) mass is 183 g/mol. The second-order valence-electron chi connectivity index (χ2n) is 1.97. The van der Waals surface area contributed by atoms with Crippen LogP contribution in [0.3, 0.4) is 0 Å². The number of aliphatic imine (C=N–C) groups is 1. The van der Waals surface area contributed by atoms with Crippen LogP contribution in [0.2, 0.25) is 0 Å². The fourth-order valence-corrected chi connectivity index (χ4v) is 1.09. The number of hydrogen-bond acceptors (Lipinski definition) is 2. The molecule has 1 nitrogen and oxygen atoms in total. The number of alkyl halides is 1. The van der Waals surface area contributed by atoms with Crippen LogP contribution in [0.4, 0.5) is 0 Å². The highest BCUT2D eigenvalue weighted by molar-refractivity contribution is 7.78. The molecule has 0 radical (unpaired) electrons. The van der Waals surface area contributed by atoms with E-state index in [2.05, 4.69) is 22.4 Å². The minimum atomic E-state index is -0.395. The van der Waals surface area contributed by atoms with E-state index in [9.17, 15) is 0 Å². The molecular weight excluding hydrogens is 178 g/mol. The third kappa shape index (κ3) is 2.43. The highest BCUT2D eigenvalue weighted by Crippen LogP contribution is 2.19. The molecule has 0 aliphatic rings. The Labute approximate surface area is 75.7 Å². The fourth-order valence-electron chi connectivity index (χ4n) is 0.733. The Hall–Kier alpha value is -0.690. The number of halogens is 1. The summed E-state index contributed by atoms with van der Waals surface area (Å²) in [5.74, 6) is 0. The highest BCUT2D eigenvalue weighted by atomic mass is 35.5. The lowest BCUT2D eigenvalue weighted by atomic mass is 10.2. The zero-order valence-electron chi connectivity index (χ0n) is 5.70. The van der Waals surface area contributed by atoms with E-state index < -0.39 is 5.50 Å². The van der Waals surface area contributed by atoms with Crippen LogP contribution in [0.5, 0.6) is 0 Å². The lowest BCUT2D eigenvalue weighted by Crippen LogP contribution is -1.83. The van der Waals surface area contributed by atoms with Crippen LogP contribution in [-0.2, 0) is 0 Å². The molecule has 1 atom stereocenters. The molecule has 1 aromatic rings. The van der Waals surface area contributed by atoms with Crippen LogP contribution < -0.4 is 0 Å². The average Bonchev–Trinajstić information content (AvgIpc) is 2.07. The summed E-state index contributed by atoms with van der Waals surface area (Å²) in [7, 11) is 0. The molecule has 1 aromatic carbocycles. The van der Waals surface area contributed by atoms with E-state index in [0.29, 0.717) is 0 Å². The summed E-state index contributed by atoms with van der Waals surface area (Å²) in [6.07, 6.45) is 0. The zero-order valence-corrected chi connectivity index (χ0v) is 7.27. The van der Waals surface area contributed by atoms with Gasteiger partial charge in [-0.25, -0.2) is 4.99 Å². The van der Waals surface area contributed by atoms with E-state index in [1.165, 1.54) is 0 Å². The third-order valence-electron chi connectivity index (χ3n) is 1.24. The van der Waals surface area contributed by atoms with Gasteiger partial charge in [0.25, 0.3) is 0 Å². The minimum Gasteiger partial charge on any atom is -0.208 e. The van der Waals surface area contributed by atoms with E-state index in [4.69, 9.17) is 11.6 Å². The SMILES string of the molecule is S=C=NC(Cl)c1ccccc1. The van der Waals surface area contributed by atoms with Crippen molar-refractivity contribution in [1.82, 2.24) is 0 Å². The Morgan fingerprint density at radius 3 is 2.55 bits per heavy atom. The Bertz CT molecular complexity index is 267. The van der Waals surface area contributed by atoms with E-state index in [1.807, 2.05) is 30.3 Å². The van der Waals surface area contributed by atoms with Gasteiger partial charge in [0.05, 0.1) is 5.16 Å². The Morgan fingerprint density at radius 1 is 1.36 bits per heavy atom. The smallest absolute Gasteiger partial charge is 0.159 e. The van der Waals surface area contributed by atoms with Gasteiger partial charge >= 0.3 is 0 Å². The van der Waals surface area contributed by atoms with Gasteiger partial charge in [0, 0.05) is 0 Å². The predicted octanol–water partition coefficient (Wildman–Crippen LogP) is 3.03. The molecule has 0 spiro atoms. The molecule has 0 saturated heterocycles. The maximum atomic E-state index is 5.81. The van der Waals surface area contributed by atoms with Crippen molar-refractivity contribution in [2.75, 3.05) is 0 Å². The van der Waals surface area contributed by atoms with Crippen LogP contribution in [0, 0.1) is 0 Å². The second-order valence-corrected chi connectivity index (χ2v) is 2.56. The Morgan fingerprint density at radius 2 is 2.00 bits per heavy atom. The molecule has 0 amide bonds. The van der Waals surface area contributed by atoms with Crippen LogP contribution in [-0.4, -0.2) is 5.16 Å². The van der Waals surface area contributed by atoms with Crippen molar-refractivity contribution in [2.45, 2.75) is 5.50 Å². The second kappa shape index (κ2) is 4.24. The van der Waals surface area contributed by atoms with Crippen LogP contribution in [0.25, 0.3) is 0 Å². The first kappa shape index (κ1) is 8.41. The molecular formula is C8H6ClNS. The van der Waals surface area contributed by atoms with Crippen LogP contribution in [0.1, 0.15) is 11.1 Å². The van der Waals surface area contributed by atoms with Crippen molar-refractivity contribution >= 4 is 29.0 Å². The van der Waals surface area contributed by atoms with Gasteiger partial charge < -0.3 is 0 Å². The molecule has 0 heterocycles.